The number of rotatable bonds is 8. The van der Waals surface area contributed by atoms with E-state index in [9.17, 15) is 9.90 Å². The molecule has 0 radical (unpaired) electrons. The number of allylic oxidation sites excluding steroid dienone is 4. The summed E-state index contributed by atoms with van der Waals surface area (Å²) in [5, 5.41) is 12.5. The van der Waals surface area contributed by atoms with Gasteiger partial charge in [0.2, 0.25) is 0 Å². The zero-order valence-corrected chi connectivity index (χ0v) is 23.4. The normalized spacial score (nSPS) is 17.3. The minimum Gasteiger partial charge on any atom is -0.478 e. The first-order valence-corrected chi connectivity index (χ1v) is 14.7. The van der Waals surface area contributed by atoms with Crippen LogP contribution in [0.5, 0.6) is 0 Å². The monoisotopic (exact) mass is 578 g/mol. The van der Waals surface area contributed by atoms with Crippen molar-refractivity contribution in [2.45, 2.75) is 18.0 Å². The summed E-state index contributed by atoms with van der Waals surface area (Å²) in [5.74, 6) is -0.884. The summed E-state index contributed by atoms with van der Waals surface area (Å²) >= 11 is 3.48. The molecule has 4 heteroatoms. The number of carbonyl (C=O) groups is 1. The second-order valence-electron chi connectivity index (χ2n) is 9.32. The van der Waals surface area contributed by atoms with E-state index in [0.717, 1.165) is 22.0 Å². The van der Waals surface area contributed by atoms with Gasteiger partial charge in [-0.05, 0) is 66.3 Å². The lowest BCUT2D eigenvalue weighted by Crippen LogP contribution is -2.38. The first-order chi connectivity index (χ1) is 18.6. The zero-order valence-electron chi connectivity index (χ0n) is 20.9. The van der Waals surface area contributed by atoms with Gasteiger partial charge in [-0.3, -0.25) is 0 Å². The minimum atomic E-state index is -0.984. The molecule has 1 atom stereocenters. The molecule has 0 saturated carbocycles. The third kappa shape index (κ3) is 5.65. The highest BCUT2D eigenvalue weighted by Gasteiger charge is 2.45. The smallest absolute Gasteiger partial charge is 0.331 e. The molecule has 0 aliphatic heterocycles. The number of carboxylic acid groups (broad SMARTS) is 1. The van der Waals surface area contributed by atoms with Gasteiger partial charge >= 0.3 is 5.97 Å². The van der Waals surface area contributed by atoms with Crippen LogP contribution in [0, 0.1) is 0 Å². The van der Waals surface area contributed by atoms with Crippen LogP contribution in [-0.2, 0) is 4.79 Å². The quantitative estimate of drug-likeness (QED) is 0.169. The molecule has 0 bridgehead atoms. The fourth-order valence-corrected chi connectivity index (χ4v) is 8.75. The van der Waals surface area contributed by atoms with Gasteiger partial charge in [-0.2, -0.15) is 0 Å². The minimum absolute atomic E-state index is 0.402. The molecule has 4 aromatic carbocycles. The second-order valence-corrected chi connectivity index (χ2v) is 12.8. The molecule has 0 aromatic heterocycles. The second kappa shape index (κ2) is 11.9. The summed E-state index contributed by atoms with van der Waals surface area (Å²) < 4.78 is 0.964. The van der Waals surface area contributed by atoms with Crippen LogP contribution in [0.25, 0.3) is 11.6 Å². The number of benzene rings is 4. The van der Waals surface area contributed by atoms with Gasteiger partial charge in [0.15, 0.2) is 0 Å². The number of hydrogen-bond donors (Lipinski definition) is 1. The summed E-state index contributed by atoms with van der Waals surface area (Å²) in [5.41, 5.74) is 3.59. The number of hydrogen-bond acceptors (Lipinski definition) is 1. The molecule has 2 nitrogen and oxygen atoms in total. The van der Waals surface area contributed by atoms with E-state index in [1.54, 1.807) is 0 Å². The van der Waals surface area contributed by atoms with Crippen LogP contribution < -0.4 is 10.6 Å². The van der Waals surface area contributed by atoms with Crippen LogP contribution in [0.15, 0.2) is 144 Å². The van der Waals surface area contributed by atoms with Gasteiger partial charge in [0.05, 0.1) is 0 Å². The highest BCUT2D eigenvalue weighted by atomic mass is 79.9. The Labute approximate surface area is 234 Å². The van der Waals surface area contributed by atoms with Crippen LogP contribution in [-0.4, -0.2) is 16.2 Å². The molecule has 5 rings (SSSR count). The Balaban J connectivity index is 1.75. The van der Waals surface area contributed by atoms with Crippen LogP contribution in [0.2, 0.25) is 0 Å². The zero-order chi connectivity index (χ0) is 26.4. The molecule has 188 valence electrons. The van der Waals surface area contributed by atoms with Gasteiger partial charge in [0.25, 0.3) is 0 Å². The lowest BCUT2D eigenvalue weighted by molar-refractivity contribution is -0.132. The molecule has 4 aromatic rings. The van der Waals surface area contributed by atoms with Crippen molar-refractivity contribution in [2.24, 2.45) is 0 Å². The van der Waals surface area contributed by atoms with E-state index in [1.165, 1.54) is 16.2 Å². The van der Waals surface area contributed by atoms with Crippen molar-refractivity contribution in [1.29, 1.82) is 0 Å². The maximum absolute atomic E-state index is 12.8. The summed E-state index contributed by atoms with van der Waals surface area (Å²) in [6.07, 6.45) is 9.49. The van der Waals surface area contributed by atoms with Gasteiger partial charge in [-0.1, -0.05) is 137 Å². The third-order valence-electron chi connectivity index (χ3n) is 6.87. The van der Waals surface area contributed by atoms with E-state index < -0.39 is 19.0 Å². The van der Waals surface area contributed by atoms with E-state index in [0.29, 0.717) is 12.0 Å². The lowest BCUT2D eigenvalue weighted by Gasteiger charge is -2.45. The molecular weight excluding hydrogens is 551 g/mol. The highest BCUT2D eigenvalue weighted by Crippen LogP contribution is 2.61. The Kier molecular flexibility index (Phi) is 8.17. The van der Waals surface area contributed by atoms with Gasteiger partial charge in [0.1, 0.15) is 0 Å². The van der Waals surface area contributed by atoms with Crippen molar-refractivity contribution in [2.75, 3.05) is 0 Å². The molecule has 1 N–H and O–H groups in total. The van der Waals surface area contributed by atoms with Crippen LogP contribution in [0.4, 0.5) is 0 Å². The first-order valence-electron chi connectivity index (χ1n) is 12.6. The van der Waals surface area contributed by atoms with E-state index in [4.69, 9.17) is 0 Å². The van der Waals surface area contributed by atoms with E-state index in [2.05, 4.69) is 107 Å². The van der Waals surface area contributed by atoms with Crippen molar-refractivity contribution in [3.63, 3.8) is 0 Å². The molecular formula is C34H28BrO2P. The molecule has 0 heterocycles. The largest absolute Gasteiger partial charge is 0.478 e. The lowest BCUT2D eigenvalue weighted by atomic mass is 9.81. The molecule has 0 fully saturated rings. The van der Waals surface area contributed by atoms with Gasteiger partial charge < -0.3 is 5.11 Å². The van der Waals surface area contributed by atoms with Crippen molar-refractivity contribution in [1.82, 2.24) is 0 Å². The van der Waals surface area contributed by atoms with E-state index in [1.807, 2.05) is 48.5 Å². The van der Waals surface area contributed by atoms with Crippen LogP contribution in [0.1, 0.15) is 24.0 Å². The molecule has 1 aliphatic carbocycles. The summed E-state index contributed by atoms with van der Waals surface area (Å²) in [6, 6.07) is 39.4. The maximum Gasteiger partial charge on any atom is 0.331 e. The Morgan fingerprint density at radius 3 is 1.92 bits per heavy atom. The van der Waals surface area contributed by atoms with Gasteiger partial charge in [0, 0.05) is 15.2 Å². The Bertz CT molecular complexity index is 1440. The summed E-state index contributed by atoms with van der Waals surface area (Å²) in [4.78, 5) is 12.8. The first kappa shape index (κ1) is 26.1. The van der Waals surface area contributed by atoms with Crippen molar-refractivity contribution >= 4 is 52.1 Å². The van der Waals surface area contributed by atoms with Crippen molar-refractivity contribution in [3.8, 4) is 0 Å². The number of carboxylic acids is 1. The molecule has 38 heavy (non-hydrogen) atoms. The Hall–Kier alpha value is -3.52. The fourth-order valence-electron chi connectivity index (χ4n) is 5.19. The predicted molar refractivity (Wildman–Crippen MR) is 164 cm³/mol. The molecule has 0 saturated heterocycles. The maximum atomic E-state index is 12.8. The molecule has 0 amide bonds. The van der Waals surface area contributed by atoms with Crippen LogP contribution in [0.3, 0.4) is 0 Å². The van der Waals surface area contributed by atoms with Crippen molar-refractivity contribution in [3.05, 3.63) is 155 Å². The van der Waals surface area contributed by atoms with E-state index >= 15 is 0 Å². The SMILES string of the molecule is O=C(O)/C(=C/c1ccc(Br)cc1)CC1(P(c2ccccc2)c2ccccc2)CC=CC=C1c1ccccc1. The summed E-state index contributed by atoms with van der Waals surface area (Å²) in [6.45, 7) is 0. The number of halogens is 1. The highest BCUT2D eigenvalue weighted by molar-refractivity contribution is 9.10. The molecule has 1 aliphatic rings. The average Bonchev–Trinajstić information content (AvgIpc) is 2.96. The molecule has 0 spiro atoms. The third-order valence-corrected chi connectivity index (χ3v) is 10.5. The standard InChI is InChI=1S/C34H28BrO2P/c35-29-21-19-26(20-22-29)24-28(33(36)37)25-34(23-11-10-18-32(34)27-12-4-1-5-13-27)38(30-14-6-2-7-15-30)31-16-8-3-9-17-31/h1-22,24H,23,25H2,(H,36,37)/b28-24+. The topological polar surface area (TPSA) is 37.3 Å². The van der Waals surface area contributed by atoms with Crippen molar-refractivity contribution < 1.29 is 9.90 Å². The Morgan fingerprint density at radius 1 is 0.816 bits per heavy atom. The molecule has 1 unspecified atom stereocenters. The van der Waals surface area contributed by atoms with Gasteiger partial charge in [-0.15, -0.1) is 0 Å². The number of aliphatic carboxylic acids is 1. The summed E-state index contributed by atoms with van der Waals surface area (Å²) in [7, 11) is -0.984. The van der Waals surface area contributed by atoms with Crippen LogP contribution >= 0.6 is 23.9 Å². The van der Waals surface area contributed by atoms with E-state index in [-0.39, 0.29) is 0 Å². The fraction of sp³-hybridized carbons (Fsp3) is 0.0882. The average molecular weight is 579 g/mol. The van der Waals surface area contributed by atoms with Gasteiger partial charge in [-0.25, -0.2) is 4.79 Å². The Morgan fingerprint density at radius 2 is 1.37 bits per heavy atom. The predicted octanol–water partition coefficient (Wildman–Crippen LogP) is 8.22.